The van der Waals surface area contributed by atoms with Crippen molar-refractivity contribution in [3.63, 3.8) is 0 Å². The van der Waals surface area contributed by atoms with E-state index in [1.165, 1.54) is 31.1 Å². The third-order valence-corrected chi connectivity index (χ3v) is 4.35. The van der Waals surface area contributed by atoms with Gasteiger partial charge < -0.3 is 10.6 Å². The summed E-state index contributed by atoms with van der Waals surface area (Å²) in [7, 11) is 0. The van der Waals surface area contributed by atoms with E-state index in [0.29, 0.717) is 11.5 Å². The van der Waals surface area contributed by atoms with Crippen molar-refractivity contribution < 1.29 is 4.79 Å². The zero-order valence-corrected chi connectivity index (χ0v) is 13.5. The van der Waals surface area contributed by atoms with Crippen molar-refractivity contribution in [3.8, 4) is 6.07 Å². The Morgan fingerprint density at radius 2 is 2.04 bits per heavy atom. The fourth-order valence-corrected chi connectivity index (χ4v) is 2.99. The largest absolute Gasteiger partial charge is 0.360 e. The molecule has 1 heterocycles. The molecule has 1 saturated carbocycles. The molecule has 1 aromatic heterocycles. The molecule has 1 aliphatic carbocycles. The number of amides is 1. The summed E-state index contributed by atoms with van der Waals surface area (Å²) in [5.41, 5.74) is 3.20. The third kappa shape index (κ3) is 3.96. The molecular weight excluding hydrogens is 308 g/mol. The number of thiazole rings is 1. The second kappa shape index (κ2) is 6.63. The summed E-state index contributed by atoms with van der Waals surface area (Å²) in [6.45, 7) is 1.47. The summed E-state index contributed by atoms with van der Waals surface area (Å²) >= 11 is 1.51. The first-order chi connectivity index (χ1) is 11.2. The molecule has 0 unspecified atom stereocenters. The van der Waals surface area contributed by atoms with Crippen LogP contribution in [-0.4, -0.2) is 10.9 Å². The molecule has 6 heteroatoms. The van der Waals surface area contributed by atoms with Crippen molar-refractivity contribution in [1.82, 2.24) is 4.98 Å². The molecule has 0 atom stereocenters. The van der Waals surface area contributed by atoms with Crippen LogP contribution in [0.15, 0.2) is 35.8 Å². The Hall–Kier alpha value is -2.65. The summed E-state index contributed by atoms with van der Waals surface area (Å²) in [6, 6.07) is 9.48. The van der Waals surface area contributed by atoms with Gasteiger partial charge in [0.05, 0.1) is 5.69 Å². The van der Waals surface area contributed by atoms with Crippen molar-refractivity contribution >= 4 is 34.2 Å². The molecule has 0 radical (unpaired) electrons. The molecular formula is C17H16N4OS. The lowest BCUT2D eigenvalue weighted by Gasteiger charge is -2.04. The Kier molecular flexibility index (Phi) is 4.40. The van der Waals surface area contributed by atoms with Crippen molar-refractivity contribution in [2.45, 2.75) is 25.7 Å². The van der Waals surface area contributed by atoms with Gasteiger partial charge in [-0.15, -0.1) is 11.3 Å². The number of benzene rings is 1. The van der Waals surface area contributed by atoms with Crippen LogP contribution in [0.5, 0.6) is 0 Å². The Labute approximate surface area is 138 Å². The van der Waals surface area contributed by atoms with Crippen molar-refractivity contribution in [3.05, 3.63) is 46.5 Å². The number of carbonyl (C=O) groups excluding carboxylic acids is 1. The maximum Gasteiger partial charge on any atom is 0.221 e. The Morgan fingerprint density at radius 1 is 1.35 bits per heavy atom. The number of hydrogen-bond acceptors (Lipinski definition) is 5. The van der Waals surface area contributed by atoms with E-state index in [0.717, 1.165) is 22.1 Å². The predicted molar refractivity (Wildman–Crippen MR) is 92.0 cm³/mol. The Bertz CT molecular complexity index is 782. The third-order valence-electron chi connectivity index (χ3n) is 3.46. The van der Waals surface area contributed by atoms with Crippen LogP contribution in [-0.2, 0) is 4.79 Å². The highest BCUT2D eigenvalue weighted by Crippen LogP contribution is 2.40. The van der Waals surface area contributed by atoms with Crippen molar-refractivity contribution in [2.75, 3.05) is 10.6 Å². The first-order valence-electron chi connectivity index (χ1n) is 7.36. The van der Waals surface area contributed by atoms with Crippen LogP contribution in [0.1, 0.15) is 36.4 Å². The maximum atomic E-state index is 11.0. The number of rotatable bonds is 5. The van der Waals surface area contributed by atoms with Crippen LogP contribution < -0.4 is 10.6 Å². The van der Waals surface area contributed by atoms with Gasteiger partial charge in [-0.2, -0.15) is 5.26 Å². The first kappa shape index (κ1) is 15.3. The second-order valence-electron chi connectivity index (χ2n) is 5.42. The van der Waals surface area contributed by atoms with E-state index in [1.807, 2.05) is 17.5 Å². The molecule has 5 nitrogen and oxygen atoms in total. The first-order valence-corrected chi connectivity index (χ1v) is 8.24. The lowest BCUT2D eigenvalue weighted by atomic mass is 10.2. The maximum absolute atomic E-state index is 11.0. The molecule has 3 rings (SSSR count). The van der Waals surface area contributed by atoms with Crippen LogP contribution in [0, 0.1) is 11.3 Å². The van der Waals surface area contributed by atoms with Crippen molar-refractivity contribution in [2.24, 2.45) is 0 Å². The zero-order chi connectivity index (χ0) is 16.2. The van der Waals surface area contributed by atoms with Gasteiger partial charge in [-0.3, -0.25) is 4.79 Å². The van der Waals surface area contributed by atoms with E-state index in [4.69, 9.17) is 0 Å². The number of nitrogens with zero attached hydrogens (tertiary/aromatic N) is 2. The normalized spacial score (nSPS) is 14.2. The number of carbonyl (C=O) groups is 1. The van der Waals surface area contributed by atoms with Crippen LogP contribution in [0.2, 0.25) is 0 Å². The zero-order valence-electron chi connectivity index (χ0n) is 12.7. The molecule has 0 spiro atoms. The average Bonchev–Trinajstić information content (AvgIpc) is 3.28. The number of aromatic nitrogens is 1. The molecule has 1 amide bonds. The van der Waals surface area contributed by atoms with Gasteiger partial charge in [-0.1, -0.05) is 0 Å². The molecule has 1 aromatic carbocycles. The second-order valence-corrected chi connectivity index (χ2v) is 6.28. The average molecular weight is 324 g/mol. The molecule has 0 bridgehead atoms. The summed E-state index contributed by atoms with van der Waals surface area (Å²) < 4.78 is 0. The molecule has 23 heavy (non-hydrogen) atoms. The number of hydrogen-bond donors (Lipinski definition) is 2. The molecule has 2 aromatic rings. The van der Waals surface area contributed by atoms with Gasteiger partial charge in [0.25, 0.3) is 0 Å². The lowest BCUT2D eigenvalue weighted by Crippen LogP contribution is -2.05. The fourth-order valence-electron chi connectivity index (χ4n) is 2.13. The van der Waals surface area contributed by atoms with Crippen LogP contribution in [0.4, 0.5) is 11.4 Å². The van der Waals surface area contributed by atoms with Crippen LogP contribution >= 0.6 is 11.3 Å². The van der Waals surface area contributed by atoms with Gasteiger partial charge in [-0.25, -0.2) is 4.98 Å². The van der Waals surface area contributed by atoms with E-state index in [9.17, 15) is 10.1 Å². The van der Waals surface area contributed by atoms with Crippen molar-refractivity contribution in [1.29, 1.82) is 5.26 Å². The fraction of sp³-hybridized carbons (Fsp3) is 0.235. The van der Waals surface area contributed by atoms with Gasteiger partial charge >= 0.3 is 0 Å². The molecule has 2 N–H and O–H groups in total. The number of nitrogens with one attached hydrogen (secondary N) is 2. The standard InChI is InChI=1S/C17H16N4OS/c1-11(22)20-15-6-4-14(5-7-15)19-9-13(8-18)17-21-16(10-23-17)12-2-3-12/h4-7,9-10,12,19H,2-3H2,1H3,(H,20,22)/b13-9+. The monoisotopic (exact) mass is 324 g/mol. The number of nitriles is 1. The van der Waals surface area contributed by atoms with Crippen LogP contribution in [0.25, 0.3) is 5.57 Å². The van der Waals surface area contributed by atoms with Gasteiger partial charge in [0.2, 0.25) is 5.91 Å². The van der Waals surface area contributed by atoms with E-state index >= 15 is 0 Å². The molecule has 0 saturated heterocycles. The van der Waals surface area contributed by atoms with Crippen LogP contribution in [0.3, 0.4) is 0 Å². The van der Waals surface area contributed by atoms with Gasteiger partial charge in [0.1, 0.15) is 16.6 Å². The number of anilines is 2. The Balaban J connectivity index is 1.69. The van der Waals surface area contributed by atoms with Gasteiger partial charge in [0.15, 0.2) is 0 Å². The summed E-state index contributed by atoms with van der Waals surface area (Å²) in [5.74, 6) is 0.488. The molecule has 0 aliphatic heterocycles. The topological polar surface area (TPSA) is 77.8 Å². The summed E-state index contributed by atoms with van der Waals surface area (Å²) in [6.07, 6.45) is 4.07. The Morgan fingerprint density at radius 3 is 2.65 bits per heavy atom. The lowest BCUT2D eigenvalue weighted by molar-refractivity contribution is -0.114. The highest BCUT2D eigenvalue weighted by molar-refractivity contribution is 7.10. The van der Waals surface area contributed by atoms with E-state index < -0.39 is 0 Å². The quantitative estimate of drug-likeness (QED) is 0.816. The minimum atomic E-state index is -0.104. The van der Waals surface area contributed by atoms with Gasteiger partial charge in [0, 0.05) is 35.8 Å². The number of allylic oxidation sites excluding steroid dienone is 1. The minimum absolute atomic E-state index is 0.104. The summed E-state index contributed by atoms with van der Waals surface area (Å²) in [5, 5.41) is 17.9. The van der Waals surface area contributed by atoms with E-state index in [2.05, 4.69) is 21.7 Å². The molecule has 1 aliphatic rings. The highest BCUT2D eigenvalue weighted by Gasteiger charge is 2.26. The highest BCUT2D eigenvalue weighted by atomic mass is 32.1. The van der Waals surface area contributed by atoms with E-state index in [-0.39, 0.29) is 5.91 Å². The minimum Gasteiger partial charge on any atom is -0.360 e. The van der Waals surface area contributed by atoms with E-state index in [1.54, 1.807) is 18.3 Å². The molecule has 116 valence electrons. The smallest absolute Gasteiger partial charge is 0.221 e. The van der Waals surface area contributed by atoms with Gasteiger partial charge in [-0.05, 0) is 37.1 Å². The molecule has 1 fully saturated rings. The SMILES string of the molecule is CC(=O)Nc1ccc(N/C=C(\C#N)c2nc(C3CC3)cs2)cc1. The summed E-state index contributed by atoms with van der Waals surface area (Å²) in [4.78, 5) is 15.5. The predicted octanol–water partition coefficient (Wildman–Crippen LogP) is 3.96.